The van der Waals surface area contributed by atoms with E-state index in [0.717, 1.165) is 5.69 Å². The van der Waals surface area contributed by atoms with Gasteiger partial charge in [-0.2, -0.15) is 5.10 Å². The van der Waals surface area contributed by atoms with Crippen LogP contribution in [0.5, 0.6) is 0 Å². The van der Waals surface area contributed by atoms with Crippen LogP contribution in [-0.2, 0) is 0 Å². The predicted octanol–water partition coefficient (Wildman–Crippen LogP) is 3.02. The van der Waals surface area contributed by atoms with Crippen molar-refractivity contribution in [1.29, 1.82) is 0 Å². The van der Waals surface area contributed by atoms with Gasteiger partial charge in [0.05, 0.1) is 17.8 Å². The van der Waals surface area contributed by atoms with Gasteiger partial charge in [0.2, 0.25) is 0 Å². The Morgan fingerprint density at radius 2 is 1.83 bits per heavy atom. The van der Waals surface area contributed by atoms with Gasteiger partial charge >= 0.3 is 0 Å². The van der Waals surface area contributed by atoms with E-state index >= 15 is 0 Å². The zero-order valence-corrected chi connectivity index (χ0v) is 11.5. The van der Waals surface area contributed by atoms with Crippen molar-refractivity contribution in [1.82, 2.24) is 15.1 Å². The van der Waals surface area contributed by atoms with Gasteiger partial charge in [-0.3, -0.25) is 4.68 Å². The standard InChI is InChI=1S/C15H21N3/c1-11-10-12(2)18(17-11)13(3)15(16-4)14-8-6-5-7-9-14/h5-10,13,15-16H,1-4H3. The molecule has 2 rings (SSSR count). The van der Waals surface area contributed by atoms with Crippen molar-refractivity contribution in [2.45, 2.75) is 32.9 Å². The molecule has 0 aliphatic heterocycles. The average Bonchev–Trinajstić information content (AvgIpc) is 2.70. The summed E-state index contributed by atoms with van der Waals surface area (Å²) in [6.45, 7) is 6.34. The molecule has 2 unspecified atom stereocenters. The Morgan fingerprint density at radius 1 is 1.17 bits per heavy atom. The number of nitrogens with zero attached hydrogens (tertiary/aromatic N) is 2. The third-order valence-corrected chi connectivity index (χ3v) is 3.38. The van der Waals surface area contributed by atoms with E-state index in [9.17, 15) is 0 Å². The van der Waals surface area contributed by atoms with Crippen LogP contribution in [0, 0.1) is 13.8 Å². The first-order valence-electron chi connectivity index (χ1n) is 6.38. The maximum Gasteiger partial charge on any atom is 0.0688 e. The van der Waals surface area contributed by atoms with Crippen LogP contribution in [0.15, 0.2) is 36.4 Å². The van der Waals surface area contributed by atoms with Crippen LogP contribution in [0.25, 0.3) is 0 Å². The highest BCUT2D eigenvalue weighted by atomic mass is 15.3. The largest absolute Gasteiger partial charge is 0.311 e. The Bertz CT molecular complexity index is 502. The number of rotatable bonds is 4. The summed E-state index contributed by atoms with van der Waals surface area (Å²) in [7, 11) is 2.00. The number of hydrogen-bond acceptors (Lipinski definition) is 2. The molecule has 1 N–H and O–H groups in total. The molecule has 0 fully saturated rings. The second-order valence-electron chi connectivity index (χ2n) is 4.79. The van der Waals surface area contributed by atoms with Crippen molar-refractivity contribution < 1.29 is 0 Å². The number of hydrogen-bond donors (Lipinski definition) is 1. The molecule has 0 radical (unpaired) electrons. The molecule has 3 heteroatoms. The van der Waals surface area contributed by atoms with Gasteiger partial charge in [0.15, 0.2) is 0 Å². The molecular weight excluding hydrogens is 222 g/mol. The highest BCUT2D eigenvalue weighted by molar-refractivity contribution is 5.20. The fourth-order valence-electron chi connectivity index (χ4n) is 2.55. The molecule has 2 aromatic rings. The van der Waals surface area contributed by atoms with Gasteiger partial charge in [-0.15, -0.1) is 0 Å². The second-order valence-corrected chi connectivity index (χ2v) is 4.79. The first-order valence-corrected chi connectivity index (χ1v) is 6.38. The summed E-state index contributed by atoms with van der Waals surface area (Å²) in [4.78, 5) is 0. The van der Waals surface area contributed by atoms with Gasteiger partial charge in [0.1, 0.15) is 0 Å². The van der Waals surface area contributed by atoms with Crippen LogP contribution < -0.4 is 5.32 Å². The van der Waals surface area contributed by atoms with Crippen molar-refractivity contribution in [3.8, 4) is 0 Å². The lowest BCUT2D eigenvalue weighted by atomic mass is 10.0. The van der Waals surface area contributed by atoms with E-state index in [2.05, 4.69) is 59.3 Å². The summed E-state index contributed by atoms with van der Waals surface area (Å²) in [5.41, 5.74) is 3.57. The quantitative estimate of drug-likeness (QED) is 0.894. The number of benzene rings is 1. The molecule has 18 heavy (non-hydrogen) atoms. The Labute approximate surface area is 109 Å². The molecule has 0 saturated heterocycles. The van der Waals surface area contributed by atoms with Gasteiger partial charge in [-0.05, 0) is 39.4 Å². The average molecular weight is 243 g/mol. The predicted molar refractivity (Wildman–Crippen MR) is 74.7 cm³/mol. The first-order chi connectivity index (χ1) is 8.63. The van der Waals surface area contributed by atoms with E-state index in [1.807, 2.05) is 20.0 Å². The third kappa shape index (κ3) is 2.46. The SMILES string of the molecule is CNC(c1ccccc1)C(C)n1nc(C)cc1C. The van der Waals surface area contributed by atoms with E-state index in [1.165, 1.54) is 11.3 Å². The van der Waals surface area contributed by atoms with Crippen molar-refractivity contribution >= 4 is 0 Å². The van der Waals surface area contributed by atoms with Crippen molar-refractivity contribution in [2.75, 3.05) is 7.05 Å². The Morgan fingerprint density at radius 3 is 2.33 bits per heavy atom. The lowest BCUT2D eigenvalue weighted by Crippen LogP contribution is -2.27. The number of nitrogens with one attached hydrogen (secondary N) is 1. The normalized spacial score (nSPS) is 14.4. The van der Waals surface area contributed by atoms with Gasteiger partial charge in [-0.1, -0.05) is 30.3 Å². The lowest BCUT2D eigenvalue weighted by molar-refractivity contribution is 0.365. The van der Waals surface area contributed by atoms with E-state index in [0.29, 0.717) is 0 Å². The molecule has 0 aliphatic carbocycles. The third-order valence-electron chi connectivity index (χ3n) is 3.38. The van der Waals surface area contributed by atoms with Crippen molar-refractivity contribution in [2.24, 2.45) is 0 Å². The fraction of sp³-hybridized carbons (Fsp3) is 0.400. The fourth-order valence-corrected chi connectivity index (χ4v) is 2.55. The molecule has 0 bridgehead atoms. The molecule has 1 aromatic carbocycles. The van der Waals surface area contributed by atoms with Crippen LogP contribution in [0.2, 0.25) is 0 Å². The van der Waals surface area contributed by atoms with Gasteiger partial charge in [-0.25, -0.2) is 0 Å². The molecule has 0 aliphatic rings. The minimum atomic E-state index is 0.268. The number of likely N-dealkylation sites (N-methyl/N-ethyl adjacent to an activating group) is 1. The molecule has 0 amide bonds. The maximum absolute atomic E-state index is 4.58. The van der Waals surface area contributed by atoms with Crippen LogP contribution in [0.1, 0.15) is 36.0 Å². The maximum atomic E-state index is 4.58. The number of aryl methyl sites for hydroxylation is 2. The molecule has 3 nitrogen and oxygen atoms in total. The van der Waals surface area contributed by atoms with E-state index < -0.39 is 0 Å². The zero-order chi connectivity index (χ0) is 13.1. The van der Waals surface area contributed by atoms with E-state index in [-0.39, 0.29) is 12.1 Å². The van der Waals surface area contributed by atoms with Crippen molar-refractivity contribution in [3.63, 3.8) is 0 Å². The Balaban J connectivity index is 2.31. The van der Waals surface area contributed by atoms with E-state index in [1.54, 1.807) is 0 Å². The smallest absolute Gasteiger partial charge is 0.0688 e. The van der Waals surface area contributed by atoms with Gasteiger partial charge < -0.3 is 5.32 Å². The summed E-state index contributed by atoms with van der Waals surface area (Å²) in [5, 5.41) is 7.97. The summed E-state index contributed by atoms with van der Waals surface area (Å²) < 4.78 is 2.10. The molecule has 0 saturated carbocycles. The highest BCUT2D eigenvalue weighted by Crippen LogP contribution is 2.26. The minimum absolute atomic E-state index is 0.268. The lowest BCUT2D eigenvalue weighted by Gasteiger charge is -2.25. The summed E-state index contributed by atoms with van der Waals surface area (Å²) >= 11 is 0. The topological polar surface area (TPSA) is 29.9 Å². The summed E-state index contributed by atoms with van der Waals surface area (Å²) in [6, 6.07) is 13.2. The molecule has 1 aromatic heterocycles. The zero-order valence-electron chi connectivity index (χ0n) is 11.5. The minimum Gasteiger partial charge on any atom is -0.311 e. The Kier molecular flexibility index (Phi) is 3.82. The van der Waals surface area contributed by atoms with Gasteiger partial charge in [0.25, 0.3) is 0 Å². The van der Waals surface area contributed by atoms with Crippen LogP contribution in [0.4, 0.5) is 0 Å². The summed E-state index contributed by atoms with van der Waals surface area (Å²) in [5.74, 6) is 0. The van der Waals surface area contributed by atoms with Crippen LogP contribution in [0.3, 0.4) is 0 Å². The Hall–Kier alpha value is -1.61. The first kappa shape index (κ1) is 12.8. The summed E-state index contributed by atoms with van der Waals surface area (Å²) in [6.07, 6.45) is 0. The molecule has 1 heterocycles. The van der Waals surface area contributed by atoms with Gasteiger partial charge in [0, 0.05) is 5.69 Å². The van der Waals surface area contributed by atoms with Crippen LogP contribution in [-0.4, -0.2) is 16.8 Å². The molecule has 2 atom stereocenters. The molecular formula is C15H21N3. The van der Waals surface area contributed by atoms with E-state index in [4.69, 9.17) is 0 Å². The second kappa shape index (κ2) is 5.36. The highest BCUT2D eigenvalue weighted by Gasteiger charge is 2.20. The molecule has 96 valence electrons. The van der Waals surface area contributed by atoms with Crippen LogP contribution >= 0.6 is 0 Å². The van der Waals surface area contributed by atoms with Crippen molar-refractivity contribution in [3.05, 3.63) is 53.3 Å². The monoisotopic (exact) mass is 243 g/mol. The molecule has 0 spiro atoms. The number of aromatic nitrogens is 2.